The first-order valence-corrected chi connectivity index (χ1v) is 17.5. The number of para-hydroxylation sites is 2. The van der Waals surface area contributed by atoms with Crippen LogP contribution < -0.4 is 4.90 Å². The van der Waals surface area contributed by atoms with Crippen LogP contribution in [0.4, 0.5) is 17.1 Å². The smallest absolute Gasteiger partial charge is 0.0619 e. The van der Waals surface area contributed by atoms with Crippen molar-refractivity contribution in [2.24, 2.45) is 0 Å². The lowest BCUT2D eigenvalue weighted by Crippen LogP contribution is -2.11. The Labute approximate surface area is 288 Å². The monoisotopic (exact) mass is 642 g/mol. The second kappa shape index (κ2) is 11.2. The Balaban J connectivity index is 1.28. The first kappa shape index (κ1) is 27.9. The minimum Gasteiger partial charge on any atom is -0.310 e. The molecule has 49 heavy (non-hydrogen) atoms. The fraction of sp³-hybridized carbons (Fsp3) is 0. The molecule has 10 aromatic rings. The highest BCUT2D eigenvalue weighted by Crippen LogP contribution is 2.45. The Bertz CT molecular complexity index is 2830. The Morgan fingerprint density at radius 2 is 1.06 bits per heavy atom. The van der Waals surface area contributed by atoms with Crippen molar-refractivity contribution in [2.45, 2.75) is 0 Å². The minimum atomic E-state index is 1.11. The summed E-state index contributed by atoms with van der Waals surface area (Å²) in [6.45, 7) is 0. The van der Waals surface area contributed by atoms with Crippen LogP contribution >= 0.6 is 11.3 Å². The first-order chi connectivity index (χ1) is 24.3. The molecule has 8 aromatic carbocycles. The molecule has 10 rings (SSSR count). The van der Waals surface area contributed by atoms with Crippen LogP contribution in [-0.2, 0) is 0 Å². The summed E-state index contributed by atoms with van der Waals surface area (Å²) in [6, 6.07) is 66.2. The quantitative estimate of drug-likeness (QED) is 0.181. The van der Waals surface area contributed by atoms with Crippen molar-refractivity contribution in [3.05, 3.63) is 182 Å². The second-order valence-corrected chi connectivity index (χ2v) is 13.6. The van der Waals surface area contributed by atoms with E-state index in [0.29, 0.717) is 0 Å². The number of thiophene rings is 1. The summed E-state index contributed by atoms with van der Waals surface area (Å²) in [5, 5.41) is 7.60. The van der Waals surface area contributed by atoms with E-state index >= 15 is 0 Å². The number of hydrogen-bond acceptors (Lipinski definition) is 2. The molecule has 230 valence electrons. The lowest BCUT2D eigenvalue weighted by molar-refractivity contribution is 1.18. The van der Waals surface area contributed by atoms with Crippen LogP contribution in [0.2, 0.25) is 0 Å². The third-order valence-corrected chi connectivity index (χ3v) is 10.9. The molecule has 2 aromatic heterocycles. The van der Waals surface area contributed by atoms with Gasteiger partial charge in [0.05, 0.1) is 16.7 Å². The summed E-state index contributed by atoms with van der Waals surface area (Å²) in [6.07, 6.45) is 0. The average molecular weight is 643 g/mol. The van der Waals surface area contributed by atoms with Crippen LogP contribution in [0.1, 0.15) is 0 Å². The summed E-state index contributed by atoms with van der Waals surface area (Å²) in [5.74, 6) is 0. The van der Waals surface area contributed by atoms with Crippen molar-refractivity contribution in [1.29, 1.82) is 0 Å². The van der Waals surface area contributed by atoms with Gasteiger partial charge in [-0.25, -0.2) is 0 Å². The molecule has 0 bridgehead atoms. The van der Waals surface area contributed by atoms with Gasteiger partial charge in [-0.15, -0.1) is 11.3 Å². The van der Waals surface area contributed by atoms with E-state index < -0.39 is 0 Å². The highest BCUT2D eigenvalue weighted by atomic mass is 32.1. The second-order valence-electron chi connectivity index (χ2n) is 12.6. The molecule has 0 spiro atoms. The summed E-state index contributed by atoms with van der Waals surface area (Å²) in [7, 11) is 0. The van der Waals surface area contributed by atoms with Gasteiger partial charge in [0.2, 0.25) is 0 Å². The van der Waals surface area contributed by atoms with Gasteiger partial charge in [-0.1, -0.05) is 133 Å². The molecule has 0 saturated carbocycles. The molecule has 3 heteroatoms. The standard InChI is InChI=1S/C46H30N2S/c1-3-13-31(14-4-1)36-18-9-11-21-42(36)47(35-25-28-40-39-20-10-12-22-44(39)49-45(40)30-35)34-24-27-38-41-26-23-32-15-7-8-19-37(32)46(41)48(43(38)29-34)33-16-5-2-6-17-33/h1-30H. The van der Waals surface area contributed by atoms with E-state index in [-0.39, 0.29) is 0 Å². The third kappa shape index (κ3) is 4.47. The van der Waals surface area contributed by atoms with Crippen LogP contribution in [0.5, 0.6) is 0 Å². The summed E-state index contributed by atoms with van der Waals surface area (Å²) >= 11 is 1.86. The largest absolute Gasteiger partial charge is 0.310 e. The van der Waals surface area contributed by atoms with E-state index in [1.807, 2.05) is 11.3 Å². The van der Waals surface area contributed by atoms with Crippen molar-refractivity contribution in [3.63, 3.8) is 0 Å². The number of rotatable bonds is 5. The van der Waals surface area contributed by atoms with Gasteiger partial charge in [0.25, 0.3) is 0 Å². The number of benzene rings is 8. The highest BCUT2D eigenvalue weighted by Gasteiger charge is 2.21. The third-order valence-electron chi connectivity index (χ3n) is 9.76. The average Bonchev–Trinajstić information content (AvgIpc) is 3.71. The summed E-state index contributed by atoms with van der Waals surface area (Å²) in [5.41, 5.74) is 9.33. The number of anilines is 3. The van der Waals surface area contributed by atoms with Crippen LogP contribution in [0.25, 0.3) is 69.6 Å². The SMILES string of the molecule is c1ccc(-c2ccccc2N(c2ccc3c(c2)sc2ccccc23)c2ccc3c4ccc5ccccc5c4n(-c4ccccc4)c3c2)cc1. The van der Waals surface area contributed by atoms with Gasteiger partial charge >= 0.3 is 0 Å². The zero-order valence-electron chi connectivity index (χ0n) is 26.6. The van der Waals surface area contributed by atoms with Gasteiger partial charge < -0.3 is 9.47 Å². The van der Waals surface area contributed by atoms with Crippen LogP contribution in [0.15, 0.2) is 182 Å². The maximum atomic E-state index is 2.45. The van der Waals surface area contributed by atoms with Crippen LogP contribution in [0, 0.1) is 0 Å². The molecule has 0 radical (unpaired) electrons. The Morgan fingerprint density at radius 3 is 1.92 bits per heavy atom. The van der Waals surface area contributed by atoms with E-state index in [4.69, 9.17) is 0 Å². The predicted molar refractivity (Wildman–Crippen MR) is 211 cm³/mol. The van der Waals surface area contributed by atoms with Gasteiger partial charge in [-0.05, 0) is 59.5 Å². The Hall–Kier alpha value is -6.16. The predicted octanol–water partition coefficient (Wildman–Crippen LogP) is 13.4. The van der Waals surface area contributed by atoms with Crippen molar-refractivity contribution < 1.29 is 0 Å². The molecule has 0 saturated heterocycles. The molecule has 0 unspecified atom stereocenters. The minimum absolute atomic E-state index is 1.11. The van der Waals surface area contributed by atoms with E-state index in [9.17, 15) is 0 Å². The van der Waals surface area contributed by atoms with Gasteiger partial charge in [-0.2, -0.15) is 0 Å². The fourth-order valence-corrected chi connectivity index (χ4v) is 8.70. The van der Waals surface area contributed by atoms with Crippen molar-refractivity contribution in [3.8, 4) is 16.8 Å². The van der Waals surface area contributed by atoms with Crippen molar-refractivity contribution in [2.75, 3.05) is 4.90 Å². The van der Waals surface area contributed by atoms with E-state index in [0.717, 1.165) is 22.7 Å². The highest BCUT2D eigenvalue weighted by molar-refractivity contribution is 7.25. The van der Waals surface area contributed by atoms with E-state index in [1.165, 1.54) is 63.9 Å². The maximum absolute atomic E-state index is 2.45. The summed E-state index contributed by atoms with van der Waals surface area (Å²) < 4.78 is 5.05. The molecular weight excluding hydrogens is 613 g/mol. The molecule has 0 atom stereocenters. The molecule has 0 aliphatic rings. The van der Waals surface area contributed by atoms with Gasteiger partial charge in [0, 0.05) is 59.0 Å². The molecule has 0 aliphatic carbocycles. The van der Waals surface area contributed by atoms with Crippen LogP contribution in [-0.4, -0.2) is 4.57 Å². The van der Waals surface area contributed by atoms with E-state index in [1.54, 1.807) is 0 Å². The Kier molecular flexibility index (Phi) is 6.39. The topological polar surface area (TPSA) is 8.17 Å². The Morgan fingerprint density at radius 1 is 0.429 bits per heavy atom. The lowest BCUT2D eigenvalue weighted by Gasteiger charge is -2.28. The van der Waals surface area contributed by atoms with E-state index in [2.05, 4.69) is 191 Å². The number of hydrogen-bond donors (Lipinski definition) is 0. The zero-order chi connectivity index (χ0) is 32.3. The fourth-order valence-electron chi connectivity index (χ4n) is 7.56. The molecule has 0 aliphatic heterocycles. The number of nitrogens with zero attached hydrogens (tertiary/aromatic N) is 2. The summed E-state index contributed by atoms with van der Waals surface area (Å²) in [4.78, 5) is 2.44. The zero-order valence-corrected chi connectivity index (χ0v) is 27.4. The lowest BCUT2D eigenvalue weighted by atomic mass is 10.0. The molecule has 0 amide bonds. The van der Waals surface area contributed by atoms with Crippen molar-refractivity contribution >= 4 is 81.1 Å². The molecule has 2 nitrogen and oxygen atoms in total. The molecule has 0 N–H and O–H groups in total. The molecular formula is C46H30N2S. The normalized spacial score (nSPS) is 11.7. The molecule has 2 heterocycles. The number of aromatic nitrogens is 1. The van der Waals surface area contributed by atoms with Gasteiger partial charge in [0.15, 0.2) is 0 Å². The van der Waals surface area contributed by atoms with Crippen LogP contribution in [0.3, 0.4) is 0 Å². The van der Waals surface area contributed by atoms with Gasteiger partial charge in [0.1, 0.15) is 0 Å². The maximum Gasteiger partial charge on any atom is 0.0619 e. The van der Waals surface area contributed by atoms with Crippen molar-refractivity contribution in [1.82, 2.24) is 4.57 Å². The first-order valence-electron chi connectivity index (χ1n) is 16.7. The number of fused-ring (bicyclic) bond motifs is 8. The van der Waals surface area contributed by atoms with Gasteiger partial charge in [-0.3, -0.25) is 0 Å². The molecule has 0 fully saturated rings.